The van der Waals surface area contributed by atoms with E-state index >= 15 is 0 Å². The molecule has 0 spiro atoms. The topological polar surface area (TPSA) is 43.9 Å². The summed E-state index contributed by atoms with van der Waals surface area (Å²) in [7, 11) is 3.95. The maximum Gasteiger partial charge on any atom is 0.253 e. The molecule has 2 aromatic carbocycles. The average Bonchev–Trinajstić information content (AvgIpc) is 2.99. The minimum Gasteiger partial charge on any atom is -0.378 e. The Bertz CT molecular complexity index is 834. The molecule has 2 aromatic rings. The molecule has 0 atom stereocenters. The first-order chi connectivity index (χ1) is 13.9. The summed E-state index contributed by atoms with van der Waals surface area (Å²) < 4.78 is 0. The first-order valence-electron chi connectivity index (χ1n) is 10.0. The van der Waals surface area contributed by atoms with Crippen LogP contribution in [0, 0.1) is 0 Å². The summed E-state index contributed by atoms with van der Waals surface area (Å²) >= 11 is 5.91. The molecule has 0 bridgehead atoms. The van der Waals surface area contributed by atoms with Gasteiger partial charge in [-0.2, -0.15) is 0 Å². The lowest BCUT2D eigenvalue weighted by molar-refractivity contribution is -0.131. The molecule has 3 rings (SSSR count). The number of aryl methyl sites for hydroxylation is 1. The van der Waals surface area contributed by atoms with Crippen molar-refractivity contribution in [3.63, 3.8) is 0 Å². The van der Waals surface area contributed by atoms with Crippen LogP contribution < -0.4 is 4.90 Å². The average molecular weight is 414 g/mol. The highest BCUT2D eigenvalue weighted by Gasteiger charge is 2.22. The zero-order valence-electron chi connectivity index (χ0n) is 17.1. The van der Waals surface area contributed by atoms with Crippen LogP contribution in [0.5, 0.6) is 0 Å². The molecule has 0 saturated carbocycles. The molecule has 1 fully saturated rings. The normalized spacial score (nSPS) is 14.4. The van der Waals surface area contributed by atoms with Gasteiger partial charge in [0.1, 0.15) is 0 Å². The molecule has 0 N–H and O–H groups in total. The molecular formula is C23H28ClN3O2. The fourth-order valence-electron chi connectivity index (χ4n) is 3.52. The van der Waals surface area contributed by atoms with Gasteiger partial charge in [0.25, 0.3) is 5.91 Å². The Kier molecular flexibility index (Phi) is 7.15. The zero-order chi connectivity index (χ0) is 20.8. The zero-order valence-corrected chi connectivity index (χ0v) is 17.9. The maximum absolute atomic E-state index is 12.8. The lowest BCUT2D eigenvalue weighted by Crippen LogP contribution is -2.37. The number of rotatable bonds is 5. The molecule has 0 unspecified atom stereocenters. The Balaban J connectivity index is 1.53. The van der Waals surface area contributed by atoms with Crippen molar-refractivity contribution < 1.29 is 9.59 Å². The van der Waals surface area contributed by atoms with Gasteiger partial charge in [0.05, 0.1) is 0 Å². The van der Waals surface area contributed by atoms with Crippen molar-refractivity contribution in [2.24, 2.45) is 0 Å². The molecule has 5 nitrogen and oxygen atoms in total. The maximum atomic E-state index is 12.8. The van der Waals surface area contributed by atoms with E-state index in [4.69, 9.17) is 11.6 Å². The highest BCUT2D eigenvalue weighted by molar-refractivity contribution is 6.30. The van der Waals surface area contributed by atoms with E-state index in [0.717, 1.165) is 17.7 Å². The Hall–Kier alpha value is -2.53. The fraction of sp³-hybridized carbons (Fsp3) is 0.391. The van der Waals surface area contributed by atoms with Crippen LogP contribution in [-0.4, -0.2) is 61.9 Å². The first kappa shape index (κ1) is 21.2. The molecular weight excluding hydrogens is 386 g/mol. The highest BCUT2D eigenvalue weighted by Crippen LogP contribution is 2.16. The second kappa shape index (κ2) is 9.79. The third-order valence-corrected chi connectivity index (χ3v) is 5.56. The minimum atomic E-state index is 0.0331. The smallest absolute Gasteiger partial charge is 0.253 e. The largest absolute Gasteiger partial charge is 0.378 e. The van der Waals surface area contributed by atoms with E-state index in [9.17, 15) is 9.59 Å². The third-order valence-electron chi connectivity index (χ3n) is 5.31. The van der Waals surface area contributed by atoms with E-state index < -0.39 is 0 Å². The molecule has 0 aromatic heterocycles. The lowest BCUT2D eigenvalue weighted by Gasteiger charge is -2.22. The highest BCUT2D eigenvalue weighted by atomic mass is 35.5. The Labute approximate surface area is 177 Å². The monoisotopic (exact) mass is 413 g/mol. The number of anilines is 1. The van der Waals surface area contributed by atoms with Crippen LogP contribution in [-0.2, 0) is 11.2 Å². The quantitative estimate of drug-likeness (QED) is 0.750. The van der Waals surface area contributed by atoms with Gasteiger partial charge in [-0.05, 0) is 54.8 Å². The summed E-state index contributed by atoms with van der Waals surface area (Å²) in [5.74, 6) is 0.176. The van der Waals surface area contributed by atoms with Gasteiger partial charge in [0.2, 0.25) is 5.91 Å². The summed E-state index contributed by atoms with van der Waals surface area (Å²) in [5.41, 5.74) is 2.86. The van der Waals surface area contributed by atoms with E-state index in [1.807, 2.05) is 77.3 Å². The predicted octanol–water partition coefficient (Wildman–Crippen LogP) is 3.71. The van der Waals surface area contributed by atoms with Crippen LogP contribution in [0.25, 0.3) is 0 Å². The Morgan fingerprint density at radius 3 is 2.17 bits per heavy atom. The molecule has 0 radical (unpaired) electrons. The summed E-state index contributed by atoms with van der Waals surface area (Å²) in [5, 5.41) is 0.703. The van der Waals surface area contributed by atoms with Crippen LogP contribution >= 0.6 is 11.6 Å². The second-order valence-electron chi connectivity index (χ2n) is 7.59. The molecule has 1 aliphatic heterocycles. The fourth-order valence-corrected chi connectivity index (χ4v) is 3.64. The van der Waals surface area contributed by atoms with Crippen molar-refractivity contribution in [1.29, 1.82) is 0 Å². The number of amides is 2. The van der Waals surface area contributed by atoms with Crippen LogP contribution in [0.4, 0.5) is 5.69 Å². The number of hydrogen-bond donors (Lipinski definition) is 0. The van der Waals surface area contributed by atoms with Gasteiger partial charge < -0.3 is 14.7 Å². The Morgan fingerprint density at radius 2 is 1.52 bits per heavy atom. The summed E-state index contributed by atoms with van der Waals surface area (Å²) in [6, 6.07) is 15.3. The minimum absolute atomic E-state index is 0.0331. The van der Waals surface area contributed by atoms with Crippen LogP contribution in [0.1, 0.15) is 28.8 Å². The van der Waals surface area contributed by atoms with Gasteiger partial charge in [-0.3, -0.25) is 9.59 Å². The molecule has 2 amide bonds. The summed E-state index contributed by atoms with van der Waals surface area (Å²) in [6.07, 6.45) is 1.98. The second-order valence-corrected chi connectivity index (χ2v) is 8.03. The number of hydrogen-bond acceptors (Lipinski definition) is 3. The number of benzene rings is 2. The lowest BCUT2D eigenvalue weighted by atomic mass is 10.1. The molecule has 29 heavy (non-hydrogen) atoms. The SMILES string of the molecule is CN(C)c1ccc(C(=O)N2CCCN(C(=O)CCc3ccc(Cl)cc3)CC2)cc1. The predicted molar refractivity (Wildman–Crippen MR) is 118 cm³/mol. The van der Waals surface area contributed by atoms with Gasteiger partial charge in [0, 0.05) is 63.0 Å². The third kappa shape index (κ3) is 5.73. The van der Waals surface area contributed by atoms with Crippen molar-refractivity contribution in [3.05, 3.63) is 64.7 Å². The van der Waals surface area contributed by atoms with Crippen molar-refractivity contribution >= 4 is 29.1 Å². The summed E-state index contributed by atoms with van der Waals surface area (Å²) in [6.45, 7) is 2.53. The molecule has 1 saturated heterocycles. The molecule has 0 aliphatic carbocycles. The van der Waals surface area contributed by atoms with Gasteiger partial charge in [-0.25, -0.2) is 0 Å². The number of carbonyl (C=O) groups excluding carboxylic acids is 2. The van der Waals surface area contributed by atoms with E-state index in [1.54, 1.807) is 0 Å². The van der Waals surface area contributed by atoms with Crippen molar-refractivity contribution in [2.45, 2.75) is 19.3 Å². The van der Waals surface area contributed by atoms with E-state index in [2.05, 4.69) is 0 Å². The van der Waals surface area contributed by atoms with Crippen molar-refractivity contribution in [3.8, 4) is 0 Å². The van der Waals surface area contributed by atoms with Crippen LogP contribution in [0.15, 0.2) is 48.5 Å². The standard InChI is InChI=1S/C23H28ClN3O2/c1-25(2)21-11-7-19(8-12-21)23(29)27-15-3-14-26(16-17-27)22(28)13-6-18-4-9-20(24)10-5-18/h4-5,7-12H,3,6,13-17H2,1-2H3. The summed E-state index contributed by atoms with van der Waals surface area (Å²) in [4.78, 5) is 31.2. The van der Waals surface area contributed by atoms with Gasteiger partial charge in [0.15, 0.2) is 0 Å². The van der Waals surface area contributed by atoms with Crippen LogP contribution in [0.3, 0.4) is 0 Å². The first-order valence-corrected chi connectivity index (χ1v) is 10.4. The molecule has 154 valence electrons. The van der Waals surface area contributed by atoms with E-state index in [1.165, 1.54) is 0 Å². The molecule has 6 heteroatoms. The Morgan fingerprint density at radius 1 is 0.897 bits per heavy atom. The molecule has 1 heterocycles. The number of halogens is 1. The molecule has 1 aliphatic rings. The van der Waals surface area contributed by atoms with Gasteiger partial charge >= 0.3 is 0 Å². The van der Waals surface area contributed by atoms with E-state index in [-0.39, 0.29) is 11.8 Å². The van der Waals surface area contributed by atoms with Crippen LogP contribution in [0.2, 0.25) is 5.02 Å². The van der Waals surface area contributed by atoms with E-state index in [0.29, 0.717) is 49.6 Å². The van der Waals surface area contributed by atoms with Gasteiger partial charge in [-0.15, -0.1) is 0 Å². The van der Waals surface area contributed by atoms with Crippen molar-refractivity contribution in [1.82, 2.24) is 9.80 Å². The van der Waals surface area contributed by atoms with Gasteiger partial charge in [-0.1, -0.05) is 23.7 Å². The van der Waals surface area contributed by atoms with Crippen molar-refractivity contribution in [2.75, 3.05) is 45.2 Å². The number of nitrogens with zero attached hydrogens (tertiary/aromatic N) is 3. The number of carbonyl (C=O) groups is 2.